The number of rotatable bonds is 6. The molecule has 0 heterocycles. The minimum absolute atomic E-state index is 0.110. The van der Waals surface area contributed by atoms with E-state index in [1.807, 2.05) is 36.4 Å². The van der Waals surface area contributed by atoms with Crippen molar-refractivity contribution in [3.05, 3.63) is 36.4 Å². The second-order valence-electron chi connectivity index (χ2n) is 4.01. The lowest BCUT2D eigenvalue weighted by Crippen LogP contribution is -2.07. The van der Waals surface area contributed by atoms with E-state index in [1.165, 1.54) is 0 Å². The first kappa shape index (κ1) is 12.7. The molecule has 2 aromatic carbocycles. The lowest BCUT2D eigenvalue weighted by Gasteiger charge is -2.12. The molecule has 96 valence electrons. The van der Waals surface area contributed by atoms with Crippen LogP contribution in [-0.2, 0) is 0 Å². The van der Waals surface area contributed by atoms with E-state index in [1.54, 1.807) is 0 Å². The van der Waals surface area contributed by atoms with E-state index in [9.17, 15) is 0 Å². The van der Waals surface area contributed by atoms with Crippen LogP contribution in [0, 0.1) is 0 Å². The number of hydrogen-bond donors (Lipinski definition) is 4. The molecular weight excluding hydrogens is 228 g/mol. The van der Waals surface area contributed by atoms with Crippen LogP contribution in [0.1, 0.15) is 0 Å². The van der Waals surface area contributed by atoms with E-state index in [-0.39, 0.29) is 13.2 Å². The van der Waals surface area contributed by atoms with Crippen molar-refractivity contribution in [2.24, 2.45) is 0 Å². The molecule has 0 radical (unpaired) electrons. The molecule has 4 heteroatoms. The Morgan fingerprint density at radius 3 is 1.56 bits per heavy atom. The second-order valence-corrected chi connectivity index (χ2v) is 4.01. The van der Waals surface area contributed by atoms with Crippen LogP contribution in [0.2, 0.25) is 0 Å². The third-order valence-electron chi connectivity index (χ3n) is 2.78. The smallest absolute Gasteiger partial charge is 0.0604 e. The van der Waals surface area contributed by atoms with Gasteiger partial charge in [-0.2, -0.15) is 0 Å². The van der Waals surface area contributed by atoms with Crippen molar-refractivity contribution in [2.45, 2.75) is 0 Å². The van der Waals surface area contributed by atoms with E-state index in [2.05, 4.69) is 10.6 Å². The highest BCUT2D eigenvalue weighted by Crippen LogP contribution is 2.28. The summed E-state index contributed by atoms with van der Waals surface area (Å²) >= 11 is 0. The first-order valence-corrected chi connectivity index (χ1v) is 6.08. The van der Waals surface area contributed by atoms with Gasteiger partial charge in [-0.25, -0.2) is 0 Å². The van der Waals surface area contributed by atoms with Crippen LogP contribution in [0.5, 0.6) is 0 Å². The third kappa shape index (κ3) is 2.72. The fourth-order valence-electron chi connectivity index (χ4n) is 2.00. The zero-order valence-corrected chi connectivity index (χ0v) is 10.2. The first-order chi connectivity index (χ1) is 8.86. The fourth-order valence-corrected chi connectivity index (χ4v) is 2.00. The van der Waals surface area contributed by atoms with Gasteiger partial charge in [0, 0.05) is 35.2 Å². The minimum Gasteiger partial charge on any atom is -0.395 e. The molecule has 0 unspecified atom stereocenters. The quantitative estimate of drug-likeness (QED) is 0.626. The number of nitrogens with one attached hydrogen (secondary N) is 2. The molecule has 0 spiro atoms. The highest BCUT2D eigenvalue weighted by Gasteiger charge is 2.03. The van der Waals surface area contributed by atoms with Crippen LogP contribution >= 0.6 is 0 Å². The Bertz CT molecular complexity index is 467. The lowest BCUT2D eigenvalue weighted by atomic mass is 10.1. The van der Waals surface area contributed by atoms with Crippen molar-refractivity contribution < 1.29 is 10.2 Å². The van der Waals surface area contributed by atoms with Gasteiger partial charge in [0.25, 0.3) is 0 Å². The fraction of sp³-hybridized carbons (Fsp3) is 0.286. The number of aliphatic hydroxyl groups excluding tert-OH is 2. The summed E-state index contributed by atoms with van der Waals surface area (Å²) in [6.45, 7) is 1.29. The molecule has 18 heavy (non-hydrogen) atoms. The lowest BCUT2D eigenvalue weighted by molar-refractivity contribution is 0.311. The van der Waals surface area contributed by atoms with Crippen molar-refractivity contribution in [1.82, 2.24) is 0 Å². The van der Waals surface area contributed by atoms with Crippen LogP contribution in [-0.4, -0.2) is 36.5 Å². The highest BCUT2D eigenvalue weighted by molar-refractivity contribution is 6.01. The zero-order chi connectivity index (χ0) is 12.8. The molecule has 4 nitrogen and oxygen atoms in total. The summed E-state index contributed by atoms with van der Waals surface area (Å²) < 4.78 is 0. The Balaban J connectivity index is 2.37. The summed E-state index contributed by atoms with van der Waals surface area (Å²) in [6.07, 6.45) is 0. The van der Waals surface area contributed by atoms with Crippen molar-refractivity contribution in [3.8, 4) is 0 Å². The van der Waals surface area contributed by atoms with Gasteiger partial charge in [-0.3, -0.25) is 0 Å². The molecule has 0 aliphatic heterocycles. The summed E-state index contributed by atoms with van der Waals surface area (Å²) in [4.78, 5) is 0. The van der Waals surface area contributed by atoms with Gasteiger partial charge in [0.05, 0.1) is 13.2 Å². The molecule has 0 aliphatic rings. The van der Waals surface area contributed by atoms with Crippen molar-refractivity contribution >= 4 is 22.1 Å². The summed E-state index contributed by atoms with van der Waals surface area (Å²) in [5.74, 6) is 0. The van der Waals surface area contributed by atoms with Crippen LogP contribution in [0.4, 0.5) is 11.4 Å². The number of aliphatic hydroxyl groups is 2. The molecule has 0 aromatic heterocycles. The van der Waals surface area contributed by atoms with Gasteiger partial charge in [0.1, 0.15) is 0 Å². The molecule has 0 saturated carbocycles. The summed E-state index contributed by atoms with van der Waals surface area (Å²) in [5, 5.41) is 26.3. The van der Waals surface area contributed by atoms with Gasteiger partial charge < -0.3 is 20.8 Å². The molecule has 0 aliphatic carbocycles. The van der Waals surface area contributed by atoms with E-state index in [0.717, 1.165) is 22.1 Å². The van der Waals surface area contributed by atoms with E-state index in [0.29, 0.717) is 13.1 Å². The maximum absolute atomic E-state index is 8.87. The van der Waals surface area contributed by atoms with Crippen molar-refractivity contribution in [2.75, 3.05) is 36.9 Å². The first-order valence-electron chi connectivity index (χ1n) is 6.08. The summed E-state index contributed by atoms with van der Waals surface area (Å²) in [6, 6.07) is 12.0. The molecule has 2 rings (SSSR count). The molecule has 0 atom stereocenters. The molecule has 0 amide bonds. The molecular formula is C14H18N2O2. The number of fused-ring (bicyclic) bond motifs is 1. The highest BCUT2D eigenvalue weighted by atomic mass is 16.3. The Hall–Kier alpha value is -1.78. The van der Waals surface area contributed by atoms with Gasteiger partial charge in [0.2, 0.25) is 0 Å². The molecule has 0 bridgehead atoms. The van der Waals surface area contributed by atoms with E-state index in [4.69, 9.17) is 10.2 Å². The van der Waals surface area contributed by atoms with Crippen LogP contribution in [0.15, 0.2) is 36.4 Å². The van der Waals surface area contributed by atoms with Gasteiger partial charge >= 0.3 is 0 Å². The maximum atomic E-state index is 8.87. The van der Waals surface area contributed by atoms with Gasteiger partial charge in [-0.1, -0.05) is 24.3 Å². The normalized spacial score (nSPS) is 10.6. The van der Waals surface area contributed by atoms with E-state index >= 15 is 0 Å². The van der Waals surface area contributed by atoms with Gasteiger partial charge in [0.15, 0.2) is 0 Å². The molecule has 0 saturated heterocycles. The number of anilines is 2. The minimum atomic E-state index is 0.110. The average molecular weight is 246 g/mol. The monoisotopic (exact) mass is 246 g/mol. The van der Waals surface area contributed by atoms with E-state index < -0.39 is 0 Å². The summed E-state index contributed by atoms with van der Waals surface area (Å²) in [5.41, 5.74) is 2.02. The van der Waals surface area contributed by atoms with Crippen LogP contribution in [0.25, 0.3) is 10.8 Å². The zero-order valence-electron chi connectivity index (χ0n) is 10.2. The van der Waals surface area contributed by atoms with Crippen LogP contribution in [0.3, 0.4) is 0 Å². The van der Waals surface area contributed by atoms with Crippen molar-refractivity contribution in [1.29, 1.82) is 0 Å². The second kappa shape index (κ2) is 6.23. The maximum Gasteiger partial charge on any atom is 0.0604 e. The largest absolute Gasteiger partial charge is 0.395 e. The van der Waals surface area contributed by atoms with Gasteiger partial charge in [-0.05, 0) is 12.1 Å². The molecule has 0 fully saturated rings. The number of benzene rings is 2. The Morgan fingerprint density at radius 2 is 1.17 bits per heavy atom. The predicted molar refractivity (Wildman–Crippen MR) is 75.1 cm³/mol. The average Bonchev–Trinajstić information content (AvgIpc) is 2.42. The topological polar surface area (TPSA) is 64.5 Å². The summed E-state index contributed by atoms with van der Waals surface area (Å²) in [7, 11) is 0. The standard InChI is InChI=1S/C14H18N2O2/c17-9-7-15-13-5-1-3-11-12(13)4-2-6-14(11)16-8-10-18/h1-6,15-18H,7-10H2. The predicted octanol–water partition coefficient (Wildman–Crippen LogP) is 1.65. The Morgan fingerprint density at radius 1 is 0.722 bits per heavy atom. The Kier molecular flexibility index (Phi) is 4.39. The number of hydrogen-bond acceptors (Lipinski definition) is 4. The molecule has 4 N–H and O–H groups in total. The Labute approximate surface area is 106 Å². The SMILES string of the molecule is OCCNc1cccc2c(NCCO)cccc12. The molecule has 2 aromatic rings. The van der Waals surface area contributed by atoms with Crippen molar-refractivity contribution in [3.63, 3.8) is 0 Å². The third-order valence-corrected chi connectivity index (χ3v) is 2.78. The van der Waals surface area contributed by atoms with Gasteiger partial charge in [-0.15, -0.1) is 0 Å². The van der Waals surface area contributed by atoms with Crippen LogP contribution < -0.4 is 10.6 Å².